The number of ether oxygens (including phenoxy) is 1. The van der Waals surface area contributed by atoms with E-state index in [-0.39, 0.29) is 12.2 Å². The molecule has 49 heavy (non-hydrogen) atoms. The van der Waals surface area contributed by atoms with E-state index in [0.717, 1.165) is 33.2 Å². The van der Waals surface area contributed by atoms with Crippen molar-refractivity contribution in [1.29, 1.82) is 5.26 Å². The standard InChI is InChI=1S/C41H34N4O3S/c1-4-48-40(47)36-37(30-10-6-5-7-11-30)43-41-45(38(36)31-20-18-29(19-21-31)26(2)3)39(46)35(49-41)22-32-25-44(34-13-9-8-12-33(32)34)24-28-16-14-27(23-42)15-17-28/h5-22,25-26,38H,4,24H2,1-3H3/b35-22-/t38-/m1/s1. The number of carbonyl (C=O) groups excluding carboxylic acids is 1. The van der Waals surface area contributed by atoms with Crippen molar-refractivity contribution in [3.05, 3.63) is 168 Å². The van der Waals surface area contributed by atoms with Crippen LogP contribution in [0.2, 0.25) is 0 Å². The van der Waals surface area contributed by atoms with Crippen LogP contribution in [0.1, 0.15) is 66.1 Å². The summed E-state index contributed by atoms with van der Waals surface area (Å²) in [4.78, 5) is 33.8. The van der Waals surface area contributed by atoms with E-state index in [1.807, 2.05) is 84.9 Å². The minimum absolute atomic E-state index is 0.195. The fraction of sp³-hybridized carbons (Fsp3) is 0.171. The monoisotopic (exact) mass is 662 g/mol. The molecule has 1 aliphatic heterocycles. The van der Waals surface area contributed by atoms with Crippen molar-refractivity contribution in [1.82, 2.24) is 9.13 Å². The molecule has 3 heterocycles. The van der Waals surface area contributed by atoms with E-state index >= 15 is 0 Å². The second-order valence-electron chi connectivity index (χ2n) is 12.3. The summed E-state index contributed by atoms with van der Waals surface area (Å²) in [6.45, 7) is 6.85. The number of fused-ring (bicyclic) bond motifs is 2. The van der Waals surface area contributed by atoms with Gasteiger partial charge in [0.2, 0.25) is 0 Å². The summed E-state index contributed by atoms with van der Waals surface area (Å²) in [5.41, 5.74) is 6.98. The third-order valence-corrected chi connectivity index (χ3v) is 9.82. The van der Waals surface area contributed by atoms with Gasteiger partial charge in [-0.25, -0.2) is 9.79 Å². The Bertz CT molecular complexity index is 2440. The molecule has 0 unspecified atom stereocenters. The lowest BCUT2D eigenvalue weighted by Crippen LogP contribution is -2.40. The largest absolute Gasteiger partial charge is 0.463 e. The second-order valence-corrected chi connectivity index (χ2v) is 13.3. The molecule has 7 nitrogen and oxygen atoms in total. The molecular weight excluding hydrogens is 629 g/mol. The Kier molecular flexibility index (Phi) is 8.68. The predicted octanol–water partition coefficient (Wildman–Crippen LogP) is 6.93. The number of carbonyl (C=O) groups is 1. The molecule has 7 rings (SSSR count). The first-order chi connectivity index (χ1) is 23.9. The van der Waals surface area contributed by atoms with Crippen LogP contribution < -0.4 is 14.9 Å². The van der Waals surface area contributed by atoms with Crippen LogP contribution in [0.15, 0.2) is 125 Å². The number of esters is 1. The Morgan fingerprint density at radius 3 is 2.39 bits per heavy atom. The predicted molar refractivity (Wildman–Crippen MR) is 194 cm³/mol. The maximum Gasteiger partial charge on any atom is 0.338 e. The van der Waals surface area contributed by atoms with Crippen molar-refractivity contribution < 1.29 is 9.53 Å². The van der Waals surface area contributed by atoms with Gasteiger partial charge in [-0.1, -0.05) is 110 Å². The molecule has 2 aromatic heterocycles. The van der Waals surface area contributed by atoms with Crippen LogP contribution in [-0.2, 0) is 16.1 Å². The molecule has 0 saturated carbocycles. The Morgan fingerprint density at radius 2 is 1.69 bits per heavy atom. The van der Waals surface area contributed by atoms with Gasteiger partial charge in [0.15, 0.2) is 4.80 Å². The van der Waals surface area contributed by atoms with Gasteiger partial charge >= 0.3 is 5.97 Å². The maximum atomic E-state index is 14.5. The van der Waals surface area contributed by atoms with Crippen LogP contribution in [0.3, 0.4) is 0 Å². The maximum absolute atomic E-state index is 14.5. The molecule has 0 N–H and O–H groups in total. The molecule has 0 spiro atoms. The molecule has 6 aromatic rings. The summed E-state index contributed by atoms with van der Waals surface area (Å²) in [5, 5.41) is 10.2. The molecule has 0 amide bonds. The molecule has 0 radical (unpaired) electrons. The fourth-order valence-electron chi connectivity index (χ4n) is 6.36. The number of aromatic nitrogens is 2. The molecule has 0 saturated heterocycles. The number of nitriles is 1. The minimum Gasteiger partial charge on any atom is -0.463 e. The number of rotatable bonds is 8. The normalized spacial score (nSPS) is 14.5. The Morgan fingerprint density at radius 1 is 0.980 bits per heavy atom. The summed E-state index contributed by atoms with van der Waals surface area (Å²) in [6, 6.07) is 34.8. The van der Waals surface area contributed by atoms with Crippen LogP contribution in [0, 0.1) is 11.3 Å². The Labute approximate surface area is 288 Å². The van der Waals surface area contributed by atoms with Crippen molar-refractivity contribution in [2.75, 3.05) is 6.61 Å². The fourth-order valence-corrected chi connectivity index (χ4v) is 7.35. The molecular formula is C41H34N4O3S. The number of hydrogen-bond acceptors (Lipinski definition) is 6. The summed E-state index contributed by atoms with van der Waals surface area (Å²) < 4.78 is 9.94. The van der Waals surface area contributed by atoms with E-state index in [1.165, 1.54) is 16.9 Å². The molecule has 4 aromatic carbocycles. The highest BCUT2D eigenvalue weighted by Crippen LogP contribution is 2.35. The van der Waals surface area contributed by atoms with Gasteiger partial charge in [-0.05, 0) is 53.8 Å². The molecule has 8 heteroatoms. The van der Waals surface area contributed by atoms with E-state index in [2.05, 4.69) is 54.9 Å². The van der Waals surface area contributed by atoms with Crippen LogP contribution in [0.5, 0.6) is 0 Å². The lowest BCUT2D eigenvalue weighted by molar-refractivity contribution is -0.138. The number of thiazole rings is 1. The summed E-state index contributed by atoms with van der Waals surface area (Å²) >= 11 is 1.32. The second kappa shape index (κ2) is 13.4. The van der Waals surface area contributed by atoms with Crippen molar-refractivity contribution >= 4 is 40.0 Å². The average molecular weight is 663 g/mol. The number of benzene rings is 4. The molecule has 242 valence electrons. The molecule has 0 aliphatic carbocycles. The first kappa shape index (κ1) is 31.8. The zero-order valence-electron chi connectivity index (χ0n) is 27.5. The Hall–Kier alpha value is -5.78. The molecule has 1 atom stereocenters. The van der Waals surface area contributed by atoms with Gasteiger partial charge in [-0.3, -0.25) is 9.36 Å². The van der Waals surface area contributed by atoms with Crippen molar-refractivity contribution in [3.8, 4) is 6.07 Å². The number of nitrogens with zero attached hydrogens (tertiary/aromatic N) is 4. The average Bonchev–Trinajstić information content (AvgIpc) is 3.64. The third kappa shape index (κ3) is 6.05. The zero-order chi connectivity index (χ0) is 34.1. The first-order valence-electron chi connectivity index (χ1n) is 16.3. The number of hydrogen-bond donors (Lipinski definition) is 0. The van der Waals surface area contributed by atoms with Crippen LogP contribution in [0.25, 0.3) is 22.7 Å². The van der Waals surface area contributed by atoms with Crippen LogP contribution in [-0.4, -0.2) is 21.7 Å². The van der Waals surface area contributed by atoms with Gasteiger partial charge in [0.05, 0.1) is 40.1 Å². The first-order valence-corrected chi connectivity index (χ1v) is 17.1. The summed E-state index contributed by atoms with van der Waals surface area (Å²) in [6.07, 6.45) is 3.99. The highest BCUT2D eigenvalue weighted by atomic mass is 32.1. The van der Waals surface area contributed by atoms with Crippen LogP contribution in [0.4, 0.5) is 0 Å². The minimum atomic E-state index is -0.730. The van der Waals surface area contributed by atoms with Gasteiger partial charge in [0, 0.05) is 34.8 Å². The smallest absolute Gasteiger partial charge is 0.338 e. The zero-order valence-corrected chi connectivity index (χ0v) is 28.3. The van der Waals surface area contributed by atoms with Crippen molar-refractivity contribution in [2.24, 2.45) is 4.99 Å². The van der Waals surface area contributed by atoms with Crippen molar-refractivity contribution in [2.45, 2.75) is 39.3 Å². The van der Waals surface area contributed by atoms with E-state index in [4.69, 9.17) is 9.73 Å². The lowest BCUT2D eigenvalue weighted by Gasteiger charge is -2.26. The SMILES string of the molecule is CCOC(=O)C1=C(c2ccccc2)N=c2s/c(=C\c3cn(Cc4ccc(C#N)cc4)c4ccccc34)c(=O)n2[C@@H]1c1ccc(C(C)C)cc1. The third-order valence-electron chi connectivity index (χ3n) is 8.83. The van der Waals surface area contributed by atoms with Gasteiger partial charge < -0.3 is 9.30 Å². The van der Waals surface area contributed by atoms with Gasteiger partial charge in [-0.15, -0.1) is 0 Å². The van der Waals surface area contributed by atoms with E-state index in [1.54, 1.807) is 11.5 Å². The lowest BCUT2D eigenvalue weighted by atomic mass is 9.91. The van der Waals surface area contributed by atoms with Gasteiger partial charge in [0.25, 0.3) is 5.56 Å². The quantitative estimate of drug-likeness (QED) is 0.165. The Balaban J connectivity index is 1.43. The summed E-state index contributed by atoms with van der Waals surface area (Å²) in [5.74, 6) is -0.168. The highest BCUT2D eigenvalue weighted by molar-refractivity contribution is 7.07. The van der Waals surface area contributed by atoms with Crippen molar-refractivity contribution in [3.63, 3.8) is 0 Å². The van der Waals surface area contributed by atoms with E-state index in [9.17, 15) is 14.9 Å². The molecule has 0 bridgehead atoms. The molecule has 0 fully saturated rings. The number of para-hydroxylation sites is 1. The molecule has 1 aliphatic rings. The summed E-state index contributed by atoms with van der Waals surface area (Å²) in [7, 11) is 0. The van der Waals surface area contributed by atoms with E-state index in [0.29, 0.717) is 38.6 Å². The van der Waals surface area contributed by atoms with Gasteiger partial charge in [0.1, 0.15) is 0 Å². The highest BCUT2D eigenvalue weighted by Gasteiger charge is 2.35. The topological polar surface area (TPSA) is 89.4 Å². The van der Waals surface area contributed by atoms with Crippen LogP contribution >= 0.6 is 11.3 Å². The van der Waals surface area contributed by atoms with E-state index < -0.39 is 12.0 Å². The van der Waals surface area contributed by atoms with Gasteiger partial charge in [-0.2, -0.15) is 5.26 Å².